The summed E-state index contributed by atoms with van der Waals surface area (Å²) in [5.74, 6) is 1.73. The van der Waals surface area contributed by atoms with Gasteiger partial charge in [-0.25, -0.2) is 0 Å². The van der Waals surface area contributed by atoms with Gasteiger partial charge in [-0.15, -0.1) is 11.8 Å². The van der Waals surface area contributed by atoms with E-state index in [1.165, 1.54) is 5.56 Å². The molecule has 19 heavy (non-hydrogen) atoms. The highest BCUT2D eigenvalue weighted by Gasteiger charge is 2.04. The maximum absolute atomic E-state index is 5.97. The minimum atomic E-state index is 0.491. The first-order valence-corrected chi connectivity index (χ1v) is 7.33. The lowest BCUT2D eigenvalue weighted by atomic mass is 10.1. The van der Waals surface area contributed by atoms with Crippen LogP contribution in [0.5, 0.6) is 5.75 Å². The second-order valence-electron chi connectivity index (χ2n) is 4.10. The number of halogens is 1. The highest BCUT2D eigenvalue weighted by molar-refractivity contribution is 7.98. The molecular weight excluding hydrogens is 278 g/mol. The van der Waals surface area contributed by atoms with Gasteiger partial charge in [0.15, 0.2) is 0 Å². The van der Waals surface area contributed by atoms with Crippen LogP contribution < -0.4 is 10.5 Å². The van der Waals surface area contributed by atoms with Crippen LogP contribution in [-0.2, 0) is 12.3 Å². The lowest BCUT2D eigenvalue weighted by Crippen LogP contribution is -2.00. The lowest BCUT2D eigenvalue weighted by Gasteiger charge is -2.09. The predicted octanol–water partition coefficient (Wildman–Crippen LogP) is 4.10. The molecule has 0 aliphatic heterocycles. The first kappa shape index (κ1) is 14.3. The predicted molar refractivity (Wildman–Crippen MR) is 81.9 cm³/mol. The third-order valence-electron chi connectivity index (χ3n) is 2.77. The van der Waals surface area contributed by atoms with Gasteiger partial charge in [0.25, 0.3) is 0 Å². The average Bonchev–Trinajstić information content (AvgIpc) is 2.45. The summed E-state index contributed by atoms with van der Waals surface area (Å²) in [6.07, 6.45) is 0. The summed E-state index contributed by atoms with van der Waals surface area (Å²) in [5.41, 5.74) is 7.89. The Morgan fingerprint density at radius 2 is 2.05 bits per heavy atom. The van der Waals surface area contributed by atoms with Crippen LogP contribution in [-0.4, -0.2) is 7.11 Å². The molecule has 0 aliphatic carbocycles. The molecule has 0 amide bonds. The summed E-state index contributed by atoms with van der Waals surface area (Å²) >= 11 is 7.72. The zero-order valence-corrected chi connectivity index (χ0v) is 12.3. The van der Waals surface area contributed by atoms with Crippen molar-refractivity contribution in [1.82, 2.24) is 0 Å². The number of hydrogen-bond acceptors (Lipinski definition) is 3. The van der Waals surface area contributed by atoms with E-state index >= 15 is 0 Å². The molecule has 2 rings (SSSR count). The lowest BCUT2D eigenvalue weighted by molar-refractivity contribution is 0.409. The molecule has 0 bridgehead atoms. The molecule has 2 aromatic carbocycles. The van der Waals surface area contributed by atoms with E-state index in [0.717, 1.165) is 27.0 Å². The van der Waals surface area contributed by atoms with Crippen LogP contribution in [0.1, 0.15) is 11.1 Å². The van der Waals surface area contributed by atoms with Gasteiger partial charge < -0.3 is 10.5 Å². The molecule has 0 saturated heterocycles. The minimum Gasteiger partial charge on any atom is -0.496 e. The summed E-state index contributed by atoms with van der Waals surface area (Å²) in [7, 11) is 1.67. The van der Waals surface area contributed by atoms with Crippen LogP contribution >= 0.6 is 23.4 Å². The van der Waals surface area contributed by atoms with E-state index in [0.29, 0.717) is 6.54 Å². The molecule has 100 valence electrons. The standard InChI is InChI=1S/C15H16ClNOS/c1-18-15-7-11(5-6-12(15)9-17)10-19-14-4-2-3-13(16)8-14/h2-8H,9-10,17H2,1H3. The van der Waals surface area contributed by atoms with Crippen molar-refractivity contribution in [2.75, 3.05) is 7.11 Å². The number of nitrogens with two attached hydrogens (primary N) is 1. The number of ether oxygens (including phenoxy) is 1. The summed E-state index contributed by atoms with van der Waals surface area (Å²) in [4.78, 5) is 1.16. The maximum atomic E-state index is 5.97. The molecule has 0 saturated carbocycles. The van der Waals surface area contributed by atoms with Crippen molar-refractivity contribution in [3.63, 3.8) is 0 Å². The van der Waals surface area contributed by atoms with E-state index in [1.807, 2.05) is 30.3 Å². The highest BCUT2D eigenvalue weighted by Crippen LogP contribution is 2.27. The first-order valence-electron chi connectivity index (χ1n) is 5.97. The first-order chi connectivity index (χ1) is 9.22. The van der Waals surface area contributed by atoms with Crippen LogP contribution in [0, 0.1) is 0 Å². The Bertz CT molecular complexity index is 560. The Labute approximate surface area is 122 Å². The fourth-order valence-electron chi connectivity index (χ4n) is 1.77. The zero-order chi connectivity index (χ0) is 13.7. The quantitative estimate of drug-likeness (QED) is 0.843. The highest BCUT2D eigenvalue weighted by atomic mass is 35.5. The fraction of sp³-hybridized carbons (Fsp3) is 0.200. The largest absolute Gasteiger partial charge is 0.496 e. The number of methoxy groups -OCH3 is 1. The maximum Gasteiger partial charge on any atom is 0.123 e. The Balaban J connectivity index is 2.07. The Hall–Kier alpha value is -1.16. The van der Waals surface area contributed by atoms with E-state index in [4.69, 9.17) is 22.1 Å². The molecule has 0 aliphatic rings. The van der Waals surface area contributed by atoms with Gasteiger partial charge in [-0.05, 0) is 29.8 Å². The van der Waals surface area contributed by atoms with Crippen LogP contribution in [0.4, 0.5) is 0 Å². The van der Waals surface area contributed by atoms with Gasteiger partial charge >= 0.3 is 0 Å². The molecule has 0 fully saturated rings. The number of benzene rings is 2. The van der Waals surface area contributed by atoms with Gasteiger partial charge in [-0.1, -0.05) is 29.8 Å². The molecule has 0 unspecified atom stereocenters. The second-order valence-corrected chi connectivity index (χ2v) is 5.58. The monoisotopic (exact) mass is 293 g/mol. The van der Waals surface area contributed by atoms with Crippen molar-refractivity contribution in [3.05, 3.63) is 58.6 Å². The number of hydrogen-bond donors (Lipinski definition) is 1. The zero-order valence-electron chi connectivity index (χ0n) is 10.7. The molecule has 0 aromatic heterocycles. The van der Waals surface area contributed by atoms with E-state index in [2.05, 4.69) is 12.1 Å². The van der Waals surface area contributed by atoms with Crippen LogP contribution in [0.3, 0.4) is 0 Å². The summed E-state index contributed by atoms with van der Waals surface area (Å²) < 4.78 is 5.34. The van der Waals surface area contributed by atoms with Crippen molar-refractivity contribution >= 4 is 23.4 Å². The van der Waals surface area contributed by atoms with Crippen LogP contribution in [0.25, 0.3) is 0 Å². The van der Waals surface area contributed by atoms with Crippen molar-refractivity contribution in [1.29, 1.82) is 0 Å². The Kier molecular flexibility index (Phi) is 5.14. The van der Waals surface area contributed by atoms with E-state index in [9.17, 15) is 0 Å². The number of rotatable bonds is 5. The SMILES string of the molecule is COc1cc(CSc2cccc(Cl)c2)ccc1CN. The van der Waals surface area contributed by atoms with Crippen molar-refractivity contribution in [2.24, 2.45) is 5.73 Å². The van der Waals surface area contributed by atoms with Crippen LogP contribution in [0.2, 0.25) is 5.02 Å². The van der Waals surface area contributed by atoms with Gasteiger partial charge in [0.1, 0.15) is 5.75 Å². The van der Waals surface area contributed by atoms with E-state index < -0.39 is 0 Å². The van der Waals surface area contributed by atoms with Gasteiger partial charge in [0, 0.05) is 27.8 Å². The Morgan fingerprint density at radius 1 is 1.21 bits per heavy atom. The molecule has 0 heterocycles. The van der Waals surface area contributed by atoms with Gasteiger partial charge in [0.05, 0.1) is 7.11 Å². The molecule has 0 radical (unpaired) electrons. The minimum absolute atomic E-state index is 0.491. The smallest absolute Gasteiger partial charge is 0.123 e. The van der Waals surface area contributed by atoms with E-state index in [1.54, 1.807) is 18.9 Å². The van der Waals surface area contributed by atoms with E-state index in [-0.39, 0.29) is 0 Å². The summed E-state index contributed by atoms with van der Waals surface area (Å²) in [6.45, 7) is 0.491. The topological polar surface area (TPSA) is 35.2 Å². The molecule has 4 heteroatoms. The molecule has 0 atom stereocenters. The van der Waals surface area contributed by atoms with Crippen LogP contribution in [0.15, 0.2) is 47.4 Å². The average molecular weight is 294 g/mol. The molecule has 2 N–H and O–H groups in total. The van der Waals surface area contributed by atoms with Gasteiger partial charge in [-0.2, -0.15) is 0 Å². The Morgan fingerprint density at radius 3 is 2.74 bits per heavy atom. The molecular formula is C15H16ClNOS. The third-order valence-corrected chi connectivity index (χ3v) is 4.07. The third kappa shape index (κ3) is 3.90. The molecule has 2 nitrogen and oxygen atoms in total. The summed E-state index contributed by atoms with van der Waals surface area (Å²) in [5, 5.41) is 0.765. The van der Waals surface area contributed by atoms with Crippen molar-refractivity contribution in [3.8, 4) is 5.75 Å². The van der Waals surface area contributed by atoms with Gasteiger partial charge in [0.2, 0.25) is 0 Å². The molecule has 0 spiro atoms. The normalized spacial score (nSPS) is 10.5. The summed E-state index contributed by atoms with van der Waals surface area (Å²) in [6, 6.07) is 14.0. The van der Waals surface area contributed by atoms with Crippen molar-refractivity contribution < 1.29 is 4.74 Å². The molecule has 2 aromatic rings. The second kappa shape index (κ2) is 6.85. The fourth-order valence-corrected chi connectivity index (χ4v) is 2.92. The number of thioether (sulfide) groups is 1. The van der Waals surface area contributed by atoms with Gasteiger partial charge in [-0.3, -0.25) is 0 Å². The van der Waals surface area contributed by atoms with Crippen molar-refractivity contribution in [2.45, 2.75) is 17.2 Å².